The minimum Gasteiger partial charge on any atom is -0.340 e. The molecule has 2 rings (SSSR count). The molecule has 0 bridgehead atoms. The molecular formula is C16H25N3O3S. The van der Waals surface area contributed by atoms with Crippen LogP contribution < -0.4 is 4.72 Å². The quantitative estimate of drug-likeness (QED) is 0.802. The van der Waals surface area contributed by atoms with E-state index in [1.54, 1.807) is 23.1 Å². The van der Waals surface area contributed by atoms with Crippen LogP contribution in [0.5, 0.6) is 0 Å². The number of hydrogen-bond donors (Lipinski definition) is 1. The second kappa shape index (κ2) is 7.90. The van der Waals surface area contributed by atoms with Crippen LogP contribution >= 0.6 is 0 Å². The van der Waals surface area contributed by atoms with Crippen LogP contribution in [0.3, 0.4) is 0 Å². The number of hydrogen-bond acceptors (Lipinski definition) is 4. The van der Waals surface area contributed by atoms with E-state index in [1.165, 1.54) is 12.1 Å². The van der Waals surface area contributed by atoms with Crippen LogP contribution in [0.4, 0.5) is 0 Å². The van der Waals surface area contributed by atoms with Crippen molar-refractivity contribution in [2.75, 3.05) is 32.7 Å². The lowest BCUT2D eigenvalue weighted by atomic mass is 10.2. The lowest BCUT2D eigenvalue weighted by Gasteiger charge is -2.26. The van der Waals surface area contributed by atoms with Crippen molar-refractivity contribution >= 4 is 15.9 Å². The van der Waals surface area contributed by atoms with E-state index in [4.69, 9.17) is 0 Å². The molecule has 1 unspecified atom stereocenters. The fourth-order valence-corrected chi connectivity index (χ4v) is 3.95. The molecule has 1 heterocycles. The minimum absolute atomic E-state index is 0.167. The number of nitrogens with one attached hydrogen (secondary N) is 1. The van der Waals surface area contributed by atoms with Crippen LogP contribution in [0.15, 0.2) is 35.2 Å². The van der Waals surface area contributed by atoms with Crippen LogP contribution in [0.2, 0.25) is 0 Å². The van der Waals surface area contributed by atoms with Gasteiger partial charge in [0.25, 0.3) is 0 Å². The standard InChI is InChI=1S/C16H25N3O3S/c1-3-18(4-2)14-10-11-19(13-14)16(20)12-17-23(21,22)15-8-6-5-7-9-15/h5-9,14,17H,3-4,10-13H2,1-2H3. The predicted molar refractivity (Wildman–Crippen MR) is 89.5 cm³/mol. The minimum atomic E-state index is -3.63. The van der Waals surface area contributed by atoms with E-state index < -0.39 is 10.0 Å². The summed E-state index contributed by atoms with van der Waals surface area (Å²) in [5, 5.41) is 0. The van der Waals surface area contributed by atoms with E-state index in [9.17, 15) is 13.2 Å². The van der Waals surface area contributed by atoms with E-state index in [0.29, 0.717) is 19.1 Å². The van der Waals surface area contributed by atoms with Crippen LogP contribution in [-0.4, -0.2) is 62.9 Å². The Hall–Kier alpha value is -1.44. The van der Waals surface area contributed by atoms with Crippen molar-refractivity contribution < 1.29 is 13.2 Å². The fourth-order valence-electron chi connectivity index (χ4n) is 2.96. The van der Waals surface area contributed by atoms with Crippen LogP contribution in [0.25, 0.3) is 0 Å². The molecule has 1 aromatic carbocycles. The summed E-state index contributed by atoms with van der Waals surface area (Å²) in [7, 11) is -3.63. The first kappa shape index (κ1) is 17.9. The van der Waals surface area contributed by atoms with Gasteiger partial charge in [0.05, 0.1) is 11.4 Å². The average Bonchev–Trinajstić information content (AvgIpc) is 3.05. The third-order valence-electron chi connectivity index (χ3n) is 4.31. The van der Waals surface area contributed by atoms with E-state index in [0.717, 1.165) is 19.5 Å². The Morgan fingerprint density at radius 2 is 1.91 bits per heavy atom. The van der Waals surface area contributed by atoms with Gasteiger partial charge in [-0.3, -0.25) is 9.69 Å². The van der Waals surface area contributed by atoms with Gasteiger partial charge in [-0.2, -0.15) is 0 Å². The number of rotatable bonds is 7. The van der Waals surface area contributed by atoms with Gasteiger partial charge < -0.3 is 4.90 Å². The van der Waals surface area contributed by atoms with E-state index in [2.05, 4.69) is 23.5 Å². The van der Waals surface area contributed by atoms with Gasteiger partial charge in [0.2, 0.25) is 15.9 Å². The Kier molecular flexibility index (Phi) is 6.15. The zero-order chi connectivity index (χ0) is 16.9. The van der Waals surface area contributed by atoms with E-state index >= 15 is 0 Å². The molecule has 1 aromatic rings. The largest absolute Gasteiger partial charge is 0.340 e. The highest BCUT2D eigenvalue weighted by molar-refractivity contribution is 7.89. The Morgan fingerprint density at radius 3 is 2.52 bits per heavy atom. The van der Waals surface area contributed by atoms with Crippen molar-refractivity contribution in [1.82, 2.24) is 14.5 Å². The number of carbonyl (C=O) groups is 1. The third kappa shape index (κ3) is 4.53. The number of carbonyl (C=O) groups excluding carboxylic acids is 1. The fraction of sp³-hybridized carbons (Fsp3) is 0.562. The normalized spacial score (nSPS) is 18.6. The summed E-state index contributed by atoms with van der Waals surface area (Å²) in [4.78, 5) is 16.5. The third-order valence-corrected chi connectivity index (χ3v) is 5.73. The van der Waals surface area contributed by atoms with Crippen LogP contribution in [0, 0.1) is 0 Å². The molecule has 0 saturated carbocycles. The highest BCUT2D eigenvalue weighted by Gasteiger charge is 2.29. The number of amides is 1. The lowest BCUT2D eigenvalue weighted by Crippen LogP contribution is -2.42. The molecule has 0 spiro atoms. The molecule has 0 aromatic heterocycles. The second-order valence-corrected chi connectivity index (χ2v) is 7.41. The highest BCUT2D eigenvalue weighted by Crippen LogP contribution is 2.15. The first-order valence-electron chi connectivity index (χ1n) is 8.04. The van der Waals surface area contributed by atoms with Gasteiger partial charge in [0.1, 0.15) is 0 Å². The van der Waals surface area contributed by atoms with Crippen LogP contribution in [0.1, 0.15) is 20.3 Å². The van der Waals surface area contributed by atoms with Crippen LogP contribution in [-0.2, 0) is 14.8 Å². The molecule has 0 aliphatic carbocycles. The molecule has 23 heavy (non-hydrogen) atoms. The van der Waals surface area contributed by atoms with Crippen molar-refractivity contribution in [3.63, 3.8) is 0 Å². The van der Waals surface area contributed by atoms with Crippen molar-refractivity contribution in [2.45, 2.75) is 31.2 Å². The number of sulfonamides is 1. The van der Waals surface area contributed by atoms with Gasteiger partial charge in [-0.1, -0.05) is 32.0 Å². The maximum Gasteiger partial charge on any atom is 0.241 e. The Bertz CT molecular complexity index is 615. The zero-order valence-corrected chi connectivity index (χ0v) is 14.6. The van der Waals surface area contributed by atoms with E-state index in [1.807, 2.05) is 0 Å². The number of likely N-dealkylation sites (tertiary alicyclic amines) is 1. The molecule has 1 atom stereocenters. The molecule has 1 saturated heterocycles. The monoisotopic (exact) mass is 339 g/mol. The van der Waals surface area contributed by atoms with Gasteiger partial charge in [-0.25, -0.2) is 13.1 Å². The molecule has 128 valence electrons. The maximum absolute atomic E-state index is 12.2. The molecule has 1 aliphatic rings. The second-order valence-electron chi connectivity index (χ2n) is 5.64. The number of likely N-dealkylation sites (N-methyl/N-ethyl adjacent to an activating group) is 1. The summed E-state index contributed by atoms with van der Waals surface area (Å²) in [6, 6.07) is 8.47. The molecule has 0 radical (unpaired) electrons. The van der Waals surface area contributed by atoms with E-state index in [-0.39, 0.29) is 17.3 Å². The first-order chi connectivity index (χ1) is 11.0. The summed E-state index contributed by atoms with van der Waals surface area (Å²) in [5.41, 5.74) is 0. The summed E-state index contributed by atoms with van der Waals surface area (Å²) in [6.07, 6.45) is 0.943. The molecule has 1 fully saturated rings. The molecule has 7 heteroatoms. The SMILES string of the molecule is CCN(CC)C1CCN(C(=O)CNS(=O)(=O)c2ccccc2)C1. The predicted octanol–water partition coefficient (Wildman–Crippen LogP) is 0.908. The van der Waals surface area contributed by atoms with Gasteiger partial charge in [0, 0.05) is 19.1 Å². The van der Waals surface area contributed by atoms with Crippen molar-refractivity contribution in [2.24, 2.45) is 0 Å². The van der Waals surface area contributed by atoms with Gasteiger partial charge >= 0.3 is 0 Å². The maximum atomic E-state index is 12.2. The van der Waals surface area contributed by atoms with Crippen molar-refractivity contribution in [3.8, 4) is 0 Å². The molecule has 6 nitrogen and oxygen atoms in total. The highest BCUT2D eigenvalue weighted by atomic mass is 32.2. The summed E-state index contributed by atoms with van der Waals surface area (Å²) in [5.74, 6) is -0.167. The van der Waals surface area contributed by atoms with Gasteiger partial charge in [-0.05, 0) is 31.6 Å². The smallest absolute Gasteiger partial charge is 0.241 e. The van der Waals surface area contributed by atoms with Gasteiger partial charge in [-0.15, -0.1) is 0 Å². The summed E-state index contributed by atoms with van der Waals surface area (Å²) in [6.45, 7) is 7.32. The molecule has 1 N–H and O–H groups in total. The Labute approximate surface area is 138 Å². The molecule has 1 aliphatic heterocycles. The molecule has 1 amide bonds. The van der Waals surface area contributed by atoms with Crippen molar-refractivity contribution in [3.05, 3.63) is 30.3 Å². The van der Waals surface area contributed by atoms with Gasteiger partial charge in [0.15, 0.2) is 0 Å². The lowest BCUT2D eigenvalue weighted by molar-refractivity contribution is -0.129. The Balaban J connectivity index is 1.89. The zero-order valence-electron chi connectivity index (χ0n) is 13.7. The van der Waals surface area contributed by atoms with Crippen molar-refractivity contribution in [1.29, 1.82) is 0 Å². The number of nitrogens with zero attached hydrogens (tertiary/aromatic N) is 2. The number of benzene rings is 1. The summed E-state index contributed by atoms with van der Waals surface area (Å²) < 4.78 is 26.6. The Morgan fingerprint density at radius 1 is 1.26 bits per heavy atom. The topological polar surface area (TPSA) is 69.7 Å². The molecular weight excluding hydrogens is 314 g/mol. The average molecular weight is 339 g/mol. The summed E-state index contributed by atoms with van der Waals surface area (Å²) >= 11 is 0. The first-order valence-corrected chi connectivity index (χ1v) is 9.52.